The molecule has 6 nitrogen and oxygen atoms in total. The number of benzene rings is 1. The Morgan fingerprint density at radius 2 is 1.93 bits per heavy atom. The number of aromatic amines is 1. The molecule has 140 valence electrons. The topological polar surface area (TPSA) is 82.1 Å². The van der Waals surface area contributed by atoms with Gasteiger partial charge in [-0.25, -0.2) is 9.97 Å². The van der Waals surface area contributed by atoms with Gasteiger partial charge in [0.25, 0.3) is 0 Å². The quantitative estimate of drug-likeness (QED) is 0.682. The van der Waals surface area contributed by atoms with Crippen molar-refractivity contribution in [2.75, 3.05) is 18.0 Å². The third-order valence-electron chi connectivity index (χ3n) is 4.98. The summed E-state index contributed by atoms with van der Waals surface area (Å²) in [4.78, 5) is 27.2. The van der Waals surface area contributed by atoms with Gasteiger partial charge in [-0.1, -0.05) is 20.8 Å². The summed E-state index contributed by atoms with van der Waals surface area (Å²) in [6, 6.07) is 5.50. The largest absolute Gasteiger partial charge is 0.508 e. The number of H-pyrrole nitrogens is 1. The molecule has 0 radical (unpaired) electrons. The number of Topliss-reactive ketones (excluding diaryl/α,β-unsaturated/α-hetero) is 1. The molecule has 0 aliphatic carbocycles. The zero-order valence-corrected chi connectivity index (χ0v) is 15.9. The van der Waals surface area contributed by atoms with Gasteiger partial charge in [-0.2, -0.15) is 0 Å². The zero-order chi connectivity index (χ0) is 19.2. The minimum Gasteiger partial charge on any atom is -0.508 e. The maximum atomic E-state index is 12.7. The van der Waals surface area contributed by atoms with Crippen LogP contribution in [0.4, 0.5) is 5.69 Å². The normalized spacial score (nSPS) is 14.9. The highest BCUT2D eigenvalue weighted by atomic mass is 16.3. The van der Waals surface area contributed by atoms with Crippen LogP contribution in [0.15, 0.2) is 30.6 Å². The van der Waals surface area contributed by atoms with Crippen LogP contribution in [0, 0.1) is 5.41 Å². The lowest BCUT2D eigenvalue weighted by Crippen LogP contribution is -2.20. The van der Waals surface area contributed by atoms with Crippen molar-refractivity contribution in [1.82, 2.24) is 15.0 Å². The minimum absolute atomic E-state index is 0.0221. The van der Waals surface area contributed by atoms with Crippen molar-refractivity contribution >= 4 is 22.6 Å². The second kappa shape index (κ2) is 6.37. The molecule has 2 aromatic heterocycles. The Labute approximate surface area is 158 Å². The summed E-state index contributed by atoms with van der Waals surface area (Å²) in [5.41, 5.74) is 3.63. The number of fused-ring (bicyclic) bond motifs is 1. The molecule has 1 aliphatic rings. The van der Waals surface area contributed by atoms with E-state index in [1.54, 1.807) is 24.5 Å². The van der Waals surface area contributed by atoms with Crippen LogP contribution in [-0.4, -0.2) is 38.9 Å². The van der Waals surface area contributed by atoms with Gasteiger partial charge in [-0.15, -0.1) is 0 Å². The summed E-state index contributed by atoms with van der Waals surface area (Å²) < 4.78 is 0. The molecular formula is C21H24N4O2. The highest BCUT2D eigenvalue weighted by Gasteiger charge is 2.26. The van der Waals surface area contributed by atoms with Crippen molar-refractivity contribution in [2.45, 2.75) is 33.6 Å². The fraction of sp³-hybridized carbons (Fsp3) is 0.381. The third-order valence-corrected chi connectivity index (χ3v) is 4.98. The SMILES string of the molecule is CC(C)(C)C(=O)c1c[nH]c2ncc(-c3cc(O)cc(N4CCCC4)c3)nc12. The summed E-state index contributed by atoms with van der Waals surface area (Å²) in [6.07, 6.45) is 5.68. The molecular weight excluding hydrogens is 340 g/mol. The van der Waals surface area contributed by atoms with Crippen molar-refractivity contribution in [3.8, 4) is 17.0 Å². The van der Waals surface area contributed by atoms with Crippen LogP contribution >= 0.6 is 0 Å². The van der Waals surface area contributed by atoms with Crippen LogP contribution in [-0.2, 0) is 0 Å². The molecule has 0 unspecified atom stereocenters. The van der Waals surface area contributed by atoms with Crippen LogP contribution in [0.3, 0.4) is 0 Å². The summed E-state index contributed by atoms with van der Waals surface area (Å²) in [5, 5.41) is 10.2. The van der Waals surface area contributed by atoms with Gasteiger partial charge in [0, 0.05) is 42.0 Å². The molecule has 1 aromatic carbocycles. The first-order valence-corrected chi connectivity index (χ1v) is 9.31. The fourth-order valence-corrected chi connectivity index (χ4v) is 3.51. The van der Waals surface area contributed by atoms with Crippen LogP contribution < -0.4 is 4.90 Å². The van der Waals surface area contributed by atoms with Gasteiger partial charge in [-0.05, 0) is 25.0 Å². The number of hydrogen-bond donors (Lipinski definition) is 2. The van der Waals surface area contributed by atoms with Crippen molar-refractivity contribution in [3.63, 3.8) is 0 Å². The van der Waals surface area contributed by atoms with E-state index in [4.69, 9.17) is 4.98 Å². The number of anilines is 1. The Morgan fingerprint density at radius 3 is 2.63 bits per heavy atom. The van der Waals surface area contributed by atoms with E-state index in [9.17, 15) is 9.90 Å². The standard InChI is InChI=1S/C21H24N4O2/c1-21(2,3)19(27)16-11-22-20-18(16)24-17(12-23-20)13-8-14(10-15(26)9-13)25-6-4-5-7-25/h8-12,26H,4-7H2,1-3H3,(H,22,23). The number of carbonyl (C=O) groups is 1. The lowest BCUT2D eigenvalue weighted by atomic mass is 9.87. The highest BCUT2D eigenvalue weighted by Crippen LogP contribution is 2.32. The van der Waals surface area contributed by atoms with Gasteiger partial charge >= 0.3 is 0 Å². The maximum Gasteiger partial charge on any atom is 0.171 e. The van der Waals surface area contributed by atoms with Gasteiger partial charge in [0.05, 0.1) is 17.5 Å². The number of rotatable bonds is 3. The number of aromatic hydroxyl groups is 1. The Morgan fingerprint density at radius 1 is 1.19 bits per heavy atom. The molecule has 3 heterocycles. The molecule has 0 bridgehead atoms. The molecule has 1 fully saturated rings. The number of nitrogens with zero attached hydrogens (tertiary/aromatic N) is 3. The zero-order valence-electron chi connectivity index (χ0n) is 15.9. The Kier molecular flexibility index (Phi) is 4.13. The lowest BCUT2D eigenvalue weighted by molar-refractivity contribution is 0.0860. The highest BCUT2D eigenvalue weighted by molar-refractivity contribution is 6.08. The molecule has 0 atom stereocenters. The van der Waals surface area contributed by atoms with E-state index in [1.165, 1.54) is 12.8 Å². The molecule has 4 rings (SSSR count). The van der Waals surface area contributed by atoms with Crippen molar-refractivity contribution in [3.05, 3.63) is 36.2 Å². The van der Waals surface area contributed by atoms with E-state index in [0.29, 0.717) is 22.4 Å². The van der Waals surface area contributed by atoms with Crippen LogP contribution in [0.2, 0.25) is 0 Å². The summed E-state index contributed by atoms with van der Waals surface area (Å²) in [7, 11) is 0. The predicted molar refractivity (Wildman–Crippen MR) is 106 cm³/mol. The first-order valence-electron chi connectivity index (χ1n) is 9.31. The van der Waals surface area contributed by atoms with Gasteiger partial charge in [0.1, 0.15) is 11.3 Å². The lowest BCUT2D eigenvalue weighted by Gasteiger charge is -2.19. The number of aromatic nitrogens is 3. The van der Waals surface area contributed by atoms with Crippen LogP contribution in [0.1, 0.15) is 44.0 Å². The average molecular weight is 364 g/mol. The molecule has 1 saturated heterocycles. The number of phenolic OH excluding ortho intramolecular Hbond substituents is 1. The Bertz CT molecular complexity index is 1010. The van der Waals surface area contributed by atoms with E-state index in [1.807, 2.05) is 26.8 Å². The molecule has 2 N–H and O–H groups in total. The molecule has 6 heteroatoms. The van der Waals surface area contributed by atoms with Crippen molar-refractivity contribution < 1.29 is 9.90 Å². The first kappa shape index (κ1) is 17.5. The van der Waals surface area contributed by atoms with Gasteiger partial charge < -0.3 is 15.0 Å². The fourth-order valence-electron chi connectivity index (χ4n) is 3.51. The predicted octanol–water partition coefficient (Wildman–Crippen LogP) is 4.16. The number of ketones is 1. The second-order valence-electron chi connectivity index (χ2n) is 8.17. The van der Waals surface area contributed by atoms with E-state index < -0.39 is 5.41 Å². The smallest absolute Gasteiger partial charge is 0.171 e. The average Bonchev–Trinajstić information content (AvgIpc) is 3.29. The summed E-state index contributed by atoms with van der Waals surface area (Å²) in [6.45, 7) is 7.67. The number of phenols is 1. The van der Waals surface area contributed by atoms with E-state index in [2.05, 4.69) is 14.9 Å². The molecule has 27 heavy (non-hydrogen) atoms. The monoisotopic (exact) mass is 364 g/mol. The molecule has 0 amide bonds. The number of carbonyl (C=O) groups excluding carboxylic acids is 1. The van der Waals surface area contributed by atoms with Gasteiger partial charge in [-0.3, -0.25) is 4.79 Å². The third kappa shape index (κ3) is 3.27. The van der Waals surface area contributed by atoms with Crippen LogP contribution in [0.5, 0.6) is 5.75 Å². The second-order valence-corrected chi connectivity index (χ2v) is 8.17. The summed E-state index contributed by atoms with van der Waals surface area (Å²) in [5.74, 6) is 0.227. The van der Waals surface area contributed by atoms with Gasteiger partial charge in [0.15, 0.2) is 11.4 Å². The molecule has 1 aliphatic heterocycles. The van der Waals surface area contributed by atoms with E-state index in [0.717, 1.165) is 24.3 Å². The molecule has 0 spiro atoms. The van der Waals surface area contributed by atoms with Gasteiger partial charge in [0.2, 0.25) is 0 Å². The minimum atomic E-state index is -0.499. The van der Waals surface area contributed by atoms with Crippen molar-refractivity contribution in [1.29, 1.82) is 0 Å². The van der Waals surface area contributed by atoms with Crippen LogP contribution in [0.25, 0.3) is 22.4 Å². The van der Waals surface area contributed by atoms with E-state index in [-0.39, 0.29) is 11.5 Å². The Hall–Kier alpha value is -2.89. The van der Waals surface area contributed by atoms with Crippen molar-refractivity contribution in [2.24, 2.45) is 5.41 Å². The number of hydrogen-bond acceptors (Lipinski definition) is 5. The summed E-state index contributed by atoms with van der Waals surface area (Å²) >= 11 is 0. The molecule has 3 aromatic rings. The first-order chi connectivity index (χ1) is 12.8. The van der Waals surface area contributed by atoms with E-state index >= 15 is 0 Å². The Balaban J connectivity index is 1.79. The maximum absolute atomic E-state index is 12.7. The molecule has 0 saturated carbocycles. The number of nitrogens with one attached hydrogen (secondary N) is 1.